The molecule has 0 unspecified atom stereocenters. The van der Waals surface area contributed by atoms with Gasteiger partial charge in [-0.15, -0.1) is 0 Å². The maximum atomic E-state index is 12.8. The summed E-state index contributed by atoms with van der Waals surface area (Å²) >= 11 is 5.93. The van der Waals surface area contributed by atoms with Gasteiger partial charge in [0, 0.05) is 48.3 Å². The predicted octanol–water partition coefficient (Wildman–Crippen LogP) is 5.32. The summed E-state index contributed by atoms with van der Waals surface area (Å²) < 4.78 is 43.9. The average Bonchev–Trinajstić information content (AvgIpc) is 3.28. The van der Waals surface area contributed by atoms with E-state index in [1.54, 1.807) is 12.1 Å². The van der Waals surface area contributed by atoms with Crippen molar-refractivity contribution in [2.75, 3.05) is 6.54 Å². The van der Waals surface area contributed by atoms with Crippen LogP contribution < -0.4 is 5.56 Å². The monoisotopic (exact) mass is 486 g/mol. The lowest BCUT2D eigenvalue weighted by Gasteiger charge is -2.26. The molecule has 0 spiro atoms. The molecule has 6 nitrogen and oxygen atoms in total. The molecule has 1 aliphatic heterocycles. The highest BCUT2D eigenvalue weighted by molar-refractivity contribution is 6.30. The second kappa shape index (κ2) is 8.73. The van der Waals surface area contributed by atoms with Crippen LogP contribution >= 0.6 is 11.6 Å². The summed E-state index contributed by atoms with van der Waals surface area (Å²) in [6.45, 7) is 1.53. The molecular weight excluding hydrogens is 469 g/mol. The van der Waals surface area contributed by atoms with Gasteiger partial charge in [-0.25, -0.2) is 4.98 Å². The van der Waals surface area contributed by atoms with Crippen LogP contribution in [0.2, 0.25) is 5.02 Å². The molecule has 2 aromatic carbocycles. The Balaban J connectivity index is 1.31. The van der Waals surface area contributed by atoms with Crippen molar-refractivity contribution < 1.29 is 17.7 Å². The number of aromatic nitrogens is 3. The summed E-state index contributed by atoms with van der Waals surface area (Å²) in [6.07, 6.45) is -3.88. The molecule has 0 amide bonds. The molecule has 0 atom stereocenters. The first-order valence-corrected chi connectivity index (χ1v) is 10.9. The minimum Gasteiger partial charge on any atom is -0.356 e. The van der Waals surface area contributed by atoms with Gasteiger partial charge in [-0.2, -0.15) is 13.2 Å². The van der Waals surface area contributed by atoms with Crippen LogP contribution in [0.25, 0.3) is 22.7 Å². The van der Waals surface area contributed by atoms with Crippen molar-refractivity contribution in [3.63, 3.8) is 0 Å². The molecule has 0 aliphatic carbocycles. The number of fused-ring (bicyclic) bond motifs is 1. The summed E-state index contributed by atoms with van der Waals surface area (Å²) in [5.74, 6) is 0.889. The topological polar surface area (TPSA) is 75.0 Å². The number of nitrogens with one attached hydrogen (secondary N) is 1. The van der Waals surface area contributed by atoms with E-state index in [4.69, 9.17) is 16.1 Å². The van der Waals surface area contributed by atoms with E-state index in [1.165, 1.54) is 12.1 Å². The van der Waals surface area contributed by atoms with Crippen molar-refractivity contribution >= 4 is 11.6 Å². The highest BCUT2D eigenvalue weighted by Gasteiger charge is 2.30. The fourth-order valence-corrected chi connectivity index (χ4v) is 4.06. The highest BCUT2D eigenvalue weighted by atomic mass is 35.5. The van der Waals surface area contributed by atoms with Crippen molar-refractivity contribution in [1.82, 2.24) is 20.0 Å². The van der Waals surface area contributed by atoms with Crippen LogP contribution in [0.15, 0.2) is 63.9 Å². The fraction of sp³-hybridized carbons (Fsp3) is 0.208. The number of hydrogen-bond acceptors (Lipinski definition) is 5. The van der Waals surface area contributed by atoms with Crippen LogP contribution in [0, 0.1) is 0 Å². The van der Waals surface area contributed by atoms with E-state index >= 15 is 0 Å². The first-order chi connectivity index (χ1) is 16.3. The Kier molecular flexibility index (Phi) is 5.75. The van der Waals surface area contributed by atoms with Crippen LogP contribution in [0.4, 0.5) is 13.2 Å². The van der Waals surface area contributed by atoms with Gasteiger partial charge < -0.3 is 9.51 Å². The summed E-state index contributed by atoms with van der Waals surface area (Å²) in [5.41, 5.74) is 2.17. The second-order valence-corrected chi connectivity index (χ2v) is 8.50. The smallest absolute Gasteiger partial charge is 0.356 e. The molecular formula is C24H18ClF3N4O2. The van der Waals surface area contributed by atoms with E-state index in [-0.39, 0.29) is 11.4 Å². The number of hydrogen-bond donors (Lipinski definition) is 1. The Morgan fingerprint density at radius 2 is 1.76 bits per heavy atom. The molecule has 0 radical (unpaired) electrons. The third kappa shape index (κ3) is 4.62. The summed E-state index contributed by atoms with van der Waals surface area (Å²) in [6, 6.07) is 13.7. The number of benzene rings is 2. The van der Waals surface area contributed by atoms with E-state index in [1.807, 2.05) is 18.2 Å². The number of nitrogens with zero attached hydrogens (tertiary/aromatic N) is 3. The highest BCUT2D eigenvalue weighted by Crippen LogP contribution is 2.30. The van der Waals surface area contributed by atoms with Crippen LogP contribution in [0.5, 0.6) is 0 Å². The lowest BCUT2D eigenvalue weighted by Crippen LogP contribution is -2.35. The molecule has 5 rings (SSSR count). The van der Waals surface area contributed by atoms with Gasteiger partial charge in [-0.05, 0) is 36.4 Å². The number of aromatic amines is 1. The van der Waals surface area contributed by atoms with Gasteiger partial charge >= 0.3 is 6.18 Å². The first-order valence-electron chi connectivity index (χ1n) is 10.5. The molecule has 2 aromatic heterocycles. The van der Waals surface area contributed by atoms with Crippen molar-refractivity contribution in [1.29, 1.82) is 0 Å². The maximum Gasteiger partial charge on any atom is 0.416 e. The van der Waals surface area contributed by atoms with Crippen molar-refractivity contribution in [3.05, 3.63) is 92.5 Å². The molecule has 3 heterocycles. The van der Waals surface area contributed by atoms with Gasteiger partial charge in [0.2, 0.25) is 0 Å². The number of rotatable bonds is 4. The van der Waals surface area contributed by atoms with Gasteiger partial charge in [0.05, 0.1) is 22.5 Å². The molecule has 0 fully saturated rings. The standard InChI is InChI=1S/C24H18ClF3N4O2/c25-17-7-3-14(4-8-17)21-11-18(31-34-21)12-32-10-9-20-19(13-32)23(33)30-22(29-20)15-1-5-16(6-2-15)24(26,27)28/h1-8,11H,9-10,12-13H2,(H,29,30,33). The first kappa shape index (κ1) is 22.4. The van der Waals surface area contributed by atoms with Crippen molar-refractivity contribution in [3.8, 4) is 22.7 Å². The summed E-state index contributed by atoms with van der Waals surface area (Å²) in [7, 11) is 0. The largest absolute Gasteiger partial charge is 0.416 e. The molecule has 0 bridgehead atoms. The van der Waals surface area contributed by atoms with E-state index in [0.717, 1.165) is 23.4 Å². The number of H-pyrrole nitrogens is 1. The Morgan fingerprint density at radius 1 is 1.06 bits per heavy atom. The number of halogens is 4. The minimum atomic E-state index is -4.42. The zero-order valence-corrected chi connectivity index (χ0v) is 18.5. The fourth-order valence-electron chi connectivity index (χ4n) is 3.94. The average molecular weight is 487 g/mol. The molecule has 4 aromatic rings. The third-order valence-electron chi connectivity index (χ3n) is 5.71. The zero-order chi connectivity index (χ0) is 23.9. The quantitative estimate of drug-likeness (QED) is 0.422. The summed E-state index contributed by atoms with van der Waals surface area (Å²) in [4.78, 5) is 22.0. The normalized spacial score (nSPS) is 14.2. The van der Waals surface area contributed by atoms with E-state index in [9.17, 15) is 18.0 Å². The summed E-state index contributed by atoms with van der Waals surface area (Å²) in [5, 5.41) is 4.77. The van der Waals surface area contributed by atoms with Gasteiger partial charge in [-0.1, -0.05) is 28.9 Å². The number of alkyl halides is 3. The Hall–Kier alpha value is -3.43. The van der Waals surface area contributed by atoms with E-state index in [2.05, 4.69) is 20.0 Å². The lowest BCUT2D eigenvalue weighted by atomic mass is 10.1. The molecule has 1 N–H and O–H groups in total. The molecule has 0 saturated carbocycles. The molecule has 0 saturated heterocycles. The van der Waals surface area contributed by atoms with Crippen molar-refractivity contribution in [2.45, 2.75) is 25.7 Å². The lowest BCUT2D eigenvalue weighted by molar-refractivity contribution is -0.137. The molecule has 1 aliphatic rings. The van der Waals surface area contributed by atoms with Crippen LogP contribution in [0.1, 0.15) is 22.5 Å². The van der Waals surface area contributed by atoms with Gasteiger partial charge in [0.1, 0.15) is 5.82 Å². The predicted molar refractivity (Wildman–Crippen MR) is 120 cm³/mol. The minimum absolute atomic E-state index is 0.259. The van der Waals surface area contributed by atoms with E-state index in [0.29, 0.717) is 53.7 Å². The van der Waals surface area contributed by atoms with Gasteiger partial charge in [-0.3, -0.25) is 9.69 Å². The van der Waals surface area contributed by atoms with Gasteiger partial charge in [0.25, 0.3) is 5.56 Å². The van der Waals surface area contributed by atoms with E-state index < -0.39 is 11.7 Å². The second-order valence-electron chi connectivity index (χ2n) is 8.06. The SMILES string of the molecule is O=c1[nH]c(-c2ccc(C(F)(F)F)cc2)nc2c1CN(Cc1cc(-c3ccc(Cl)cc3)on1)CC2. The Morgan fingerprint density at radius 3 is 2.47 bits per heavy atom. The molecule has 34 heavy (non-hydrogen) atoms. The van der Waals surface area contributed by atoms with Crippen LogP contribution in [-0.4, -0.2) is 26.6 Å². The van der Waals surface area contributed by atoms with Crippen molar-refractivity contribution in [2.24, 2.45) is 0 Å². The van der Waals surface area contributed by atoms with Crippen LogP contribution in [-0.2, 0) is 25.7 Å². The Labute approximate surface area is 197 Å². The van der Waals surface area contributed by atoms with Gasteiger partial charge in [0.15, 0.2) is 5.76 Å². The maximum absolute atomic E-state index is 12.8. The molecule has 174 valence electrons. The zero-order valence-electron chi connectivity index (χ0n) is 17.7. The van der Waals surface area contributed by atoms with Crippen LogP contribution in [0.3, 0.4) is 0 Å². The Bertz CT molecular complexity index is 1380. The third-order valence-corrected chi connectivity index (χ3v) is 5.96. The molecule has 10 heteroatoms.